The van der Waals surface area contributed by atoms with Crippen molar-refractivity contribution in [2.45, 2.75) is 13.1 Å². The molecule has 3 N–H and O–H groups in total. The summed E-state index contributed by atoms with van der Waals surface area (Å²) in [5.41, 5.74) is 5.34. The first kappa shape index (κ1) is 19.6. The lowest BCUT2D eigenvalue weighted by molar-refractivity contribution is 0.980. The molecule has 4 aromatic rings. The topological polar surface area (TPSA) is 74.8 Å². The molecule has 0 aliphatic heterocycles. The largest absolute Gasteiger partial charge is 0.365 e. The second kappa shape index (κ2) is 9.21. The highest BCUT2D eigenvalue weighted by molar-refractivity contribution is 7.96. The molecular formula is C21H22N6S2. The maximum absolute atomic E-state index is 4.74. The summed E-state index contributed by atoms with van der Waals surface area (Å²) < 4.78 is 4.44. The van der Waals surface area contributed by atoms with Gasteiger partial charge in [0.25, 0.3) is 0 Å². The minimum absolute atomic E-state index is 0.679. The van der Waals surface area contributed by atoms with Crippen LogP contribution in [0.2, 0.25) is 0 Å². The van der Waals surface area contributed by atoms with Gasteiger partial charge in [-0.3, -0.25) is 9.71 Å². The molecule has 2 aromatic carbocycles. The van der Waals surface area contributed by atoms with E-state index in [9.17, 15) is 0 Å². The molecule has 0 fully saturated rings. The van der Waals surface area contributed by atoms with Crippen LogP contribution in [0.3, 0.4) is 0 Å². The molecule has 0 spiro atoms. The van der Waals surface area contributed by atoms with Crippen LogP contribution in [0.4, 0.5) is 10.9 Å². The first-order chi connectivity index (χ1) is 14.2. The molecule has 0 unspecified atom stereocenters. The van der Waals surface area contributed by atoms with Gasteiger partial charge >= 0.3 is 0 Å². The van der Waals surface area contributed by atoms with Gasteiger partial charge in [0, 0.05) is 25.7 Å². The fourth-order valence-corrected chi connectivity index (χ4v) is 4.16. The molecule has 0 amide bonds. The maximum atomic E-state index is 4.74. The lowest BCUT2D eigenvalue weighted by Crippen LogP contribution is -2.03. The smallest absolute Gasteiger partial charge is 0.183 e. The number of hydrogen-bond acceptors (Lipinski definition) is 8. The summed E-state index contributed by atoms with van der Waals surface area (Å²) in [6.45, 7) is 1.49. The molecule has 2 aromatic heterocycles. The summed E-state index contributed by atoms with van der Waals surface area (Å²) in [6, 6.07) is 14.7. The molecule has 29 heavy (non-hydrogen) atoms. The number of hydrogen-bond donors (Lipinski definition) is 3. The zero-order valence-electron chi connectivity index (χ0n) is 16.3. The first-order valence-electron chi connectivity index (χ1n) is 9.23. The fraction of sp³-hybridized carbons (Fsp3) is 0.190. The molecule has 4 rings (SSSR count). The van der Waals surface area contributed by atoms with Crippen molar-refractivity contribution >= 4 is 44.5 Å². The Bertz CT molecular complexity index is 1110. The standard InChI is InChI=1S/C21H22N6S2/c1-22-21-27-17-7-6-15(9-19(17)29-21)10-24-20-13-23-12-18(26-20)16-5-3-4-14(8-16)11-25-28-2/h3-9,12-13,25H,10-11H2,1-2H3,(H,22,27)(H,24,26). The van der Waals surface area contributed by atoms with Crippen molar-refractivity contribution in [3.63, 3.8) is 0 Å². The van der Waals surface area contributed by atoms with E-state index in [1.807, 2.05) is 13.3 Å². The predicted octanol–water partition coefficient (Wildman–Crippen LogP) is 4.77. The summed E-state index contributed by atoms with van der Waals surface area (Å²) >= 11 is 3.27. The molecule has 6 nitrogen and oxygen atoms in total. The molecular weight excluding hydrogens is 400 g/mol. The monoisotopic (exact) mass is 422 g/mol. The van der Waals surface area contributed by atoms with E-state index in [0.29, 0.717) is 6.54 Å². The van der Waals surface area contributed by atoms with Gasteiger partial charge in [-0.25, -0.2) is 9.97 Å². The van der Waals surface area contributed by atoms with Crippen LogP contribution in [0, 0.1) is 0 Å². The zero-order chi connectivity index (χ0) is 20.1. The van der Waals surface area contributed by atoms with Crippen molar-refractivity contribution in [3.8, 4) is 11.3 Å². The van der Waals surface area contributed by atoms with Crippen LogP contribution in [0.25, 0.3) is 21.5 Å². The lowest BCUT2D eigenvalue weighted by atomic mass is 10.1. The molecule has 0 aliphatic rings. The molecule has 0 radical (unpaired) electrons. The Kier molecular flexibility index (Phi) is 6.24. The van der Waals surface area contributed by atoms with Crippen LogP contribution in [0.5, 0.6) is 0 Å². The Morgan fingerprint density at radius 1 is 1.00 bits per heavy atom. The van der Waals surface area contributed by atoms with Crippen molar-refractivity contribution in [2.75, 3.05) is 23.9 Å². The van der Waals surface area contributed by atoms with Gasteiger partial charge in [0.15, 0.2) is 5.13 Å². The summed E-state index contributed by atoms with van der Waals surface area (Å²) in [7, 11) is 1.89. The Hall–Kier alpha value is -2.68. The van der Waals surface area contributed by atoms with Crippen LogP contribution in [-0.2, 0) is 13.1 Å². The van der Waals surface area contributed by atoms with Gasteiger partial charge in [-0.15, -0.1) is 0 Å². The molecule has 0 aliphatic carbocycles. The van der Waals surface area contributed by atoms with Gasteiger partial charge in [-0.05, 0) is 35.6 Å². The number of nitrogens with one attached hydrogen (secondary N) is 3. The SMILES string of the molecule is CNc1nc2ccc(CNc3cncc(-c4cccc(CNSC)c4)n3)cc2s1. The second-order valence-electron chi connectivity index (χ2n) is 6.44. The molecule has 2 heterocycles. The number of fused-ring (bicyclic) bond motifs is 1. The van der Waals surface area contributed by atoms with Crippen LogP contribution in [0.1, 0.15) is 11.1 Å². The summed E-state index contributed by atoms with van der Waals surface area (Å²) in [5.74, 6) is 0.760. The molecule has 0 bridgehead atoms. The minimum atomic E-state index is 0.679. The first-order valence-corrected chi connectivity index (χ1v) is 11.3. The summed E-state index contributed by atoms with van der Waals surface area (Å²) in [5, 5.41) is 7.41. The number of thiazole rings is 1. The van der Waals surface area contributed by atoms with Crippen molar-refractivity contribution in [1.29, 1.82) is 0 Å². The number of rotatable bonds is 8. The molecule has 148 valence electrons. The minimum Gasteiger partial charge on any atom is -0.365 e. The number of aromatic nitrogens is 3. The van der Waals surface area contributed by atoms with E-state index in [1.165, 1.54) is 15.8 Å². The third-order valence-electron chi connectivity index (χ3n) is 4.42. The van der Waals surface area contributed by atoms with E-state index in [4.69, 9.17) is 4.98 Å². The van der Waals surface area contributed by atoms with Gasteiger partial charge in [-0.2, -0.15) is 0 Å². The van der Waals surface area contributed by atoms with Gasteiger partial charge in [-0.1, -0.05) is 47.6 Å². The van der Waals surface area contributed by atoms with Crippen LogP contribution < -0.4 is 15.4 Å². The van der Waals surface area contributed by atoms with Gasteiger partial charge < -0.3 is 10.6 Å². The van der Waals surface area contributed by atoms with E-state index in [0.717, 1.165) is 34.3 Å². The third kappa shape index (κ3) is 4.84. The molecule has 8 heteroatoms. The van der Waals surface area contributed by atoms with Gasteiger partial charge in [0.2, 0.25) is 0 Å². The van der Waals surface area contributed by atoms with Crippen LogP contribution in [0.15, 0.2) is 54.9 Å². The van der Waals surface area contributed by atoms with Crippen molar-refractivity contribution in [2.24, 2.45) is 0 Å². The molecule has 0 saturated carbocycles. The molecule has 0 saturated heterocycles. The number of benzene rings is 2. The Labute approximate surface area is 178 Å². The Morgan fingerprint density at radius 2 is 1.90 bits per heavy atom. The van der Waals surface area contributed by atoms with E-state index < -0.39 is 0 Å². The highest BCUT2D eigenvalue weighted by Crippen LogP contribution is 2.26. The average Bonchev–Trinajstić information content (AvgIpc) is 3.19. The van der Waals surface area contributed by atoms with Gasteiger partial charge in [0.1, 0.15) is 5.82 Å². The third-order valence-corrected chi connectivity index (χ3v) is 5.89. The summed E-state index contributed by atoms with van der Waals surface area (Å²) in [4.78, 5) is 13.6. The van der Waals surface area contributed by atoms with E-state index in [1.54, 1.807) is 35.7 Å². The zero-order valence-corrected chi connectivity index (χ0v) is 17.9. The van der Waals surface area contributed by atoms with Crippen LogP contribution >= 0.6 is 23.3 Å². The number of nitrogens with zero attached hydrogens (tertiary/aromatic N) is 3. The van der Waals surface area contributed by atoms with Crippen molar-refractivity contribution in [1.82, 2.24) is 19.7 Å². The Balaban J connectivity index is 1.48. The Morgan fingerprint density at radius 3 is 2.76 bits per heavy atom. The van der Waals surface area contributed by atoms with Crippen LogP contribution in [-0.4, -0.2) is 28.3 Å². The summed E-state index contributed by atoms with van der Waals surface area (Å²) in [6.07, 6.45) is 5.58. The number of anilines is 2. The predicted molar refractivity (Wildman–Crippen MR) is 124 cm³/mol. The highest BCUT2D eigenvalue weighted by atomic mass is 32.2. The maximum Gasteiger partial charge on any atom is 0.183 e. The normalized spacial score (nSPS) is 11.0. The quantitative estimate of drug-likeness (QED) is 0.353. The van der Waals surface area contributed by atoms with Crippen molar-refractivity contribution < 1.29 is 0 Å². The van der Waals surface area contributed by atoms with Gasteiger partial charge in [0.05, 0.1) is 28.3 Å². The van der Waals surface area contributed by atoms with E-state index in [-0.39, 0.29) is 0 Å². The lowest BCUT2D eigenvalue weighted by Gasteiger charge is -2.09. The van der Waals surface area contributed by atoms with E-state index in [2.05, 4.69) is 67.8 Å². The fourth-order valence-electron chi connectivity index (χ4n) is 2.96. The average molecular weight is 423 g/mol. The second-order valence-corrected chi connectivity index (χ2v) is 8.17. The highest BCUT2D eigenvalue weighted by Gasteiger charge is 2.06. The van der Waals surface area contributed by atoms with Crippen molar-refractivity contribution in [3.05, 3.63) is 66.0 Å². The molecule has 0 atom stereocenters. The van der Waals surface area contributed by atoms with E-state index >= 15 is 0 Å².